The van der Waals surface area contributed by atoms with Crippen molar-refractivity contribution in [1.29, 1.82) is 0 Å². The molecule has 3 heteroatoms. The minimum absolute atomic E-state index is 0.00972. The van der Waals surface area contributed by atoms with Crippen LogP contribution in [0.15, 0.2) is 18.2 Å². The van der Waals surface area contributed by atoms with Gasteiger partial charge in [-0.25, -0.2) is 0 Å². The van der Waals surface area contributed by atoms with Crippen molar-refractivity contribution >= 4 is 21.7 Å². The minimum atomic E-state index is 0.00972. The highest BCUT2D eigenvalue weighted by Gasteiger charge is 2.19. The maximum Gasteiger partial charge on any atom is 0.173 e. The second-order valence-corrected chi connectivity index (χ2v) is 5.23. The van der Waals surface area contributed by atoms with Gasteiger partial charge < -0.3 is 5.11 Å². The third-order valence-corrected chi connectivity index (χ3v) is 4.03. The largest absolute Gasteiger partial charge is 0.508 e. The van der Waals surface area contributed by atoms with E-state index >= 15 is 0 Å². The molecule has 0 aromatic heterocycles. The zero-order valence-corrected chi connectivity index (χ0v) is 11.4. The molecule has 1 aliphatic rings. The van der Waals surface area contributed by atoms with Gasteiger partial charge in [-0.3, -0.25) is 4.79 Å². The first-order chi connectivity index (χ1) is 8.22. The second-order valence-electron chi connectivity index (χ2n) is 4.67. The maximum atomic E-state index is 11.5. The number of aromatic hydroxyl groups is 1. The quantitative estimate of drug-likeness (QED) is 0.676. The van der Waals surface area contributed by atoms with Crippen LogP contribution >= 0.6 is 15.9 Å². The summed E-state index contributed by atoms with van der Waals surface area (Å²) in [5.41, 5.74) is 1.59. The number of Topliss-reactive ketones (excluding diaryl/α,β-unsaturated/α-hetero) is 1. The van der Waals surface area contributed by atoms with Gasteiger partial charge in [-0.2, -0.15) is 0 Å². The van der Waals surface area contributed by atoms with Crippen LogP contribution in [0.2, 0.25) is 0 Å². The van der Waals surface area contributed by atoms with E-state index in [-0.39, 0.29) is 11.5 Å². The summed E-state index contributed by atoms with van der Waals surface area (Å²) >= 11 is 3.14. The predicted molar refractivity (Wildman–Crippen MR) is 72.1 cm³/mol. The number of phenols is 1. The molecule has 0 aliphatic heterocycles. The van der Waals surface area contributed by atoms with Gasteiger partial charge in [0.15, 0.2) is 5.78 Å². The lowest BCUT2D eigenvalue weighted by Gasteiger charge is -2.22. The van der Waals surface area contributed by atoms with Gasteiger partial charge in [-0.05, 0) is 30.4 Å². The number of phenolic OH excluding ortho intramolecular Hbond substituents is 1. The van der Waals surface area contributed by atoms with E-state index in [0.29, 0.717) is 16.8 Å². The smallest absolute Gasteiger partial charge is 0.173 e. The lowest BCUT2D eigenvalue weighted by molar-refractivity contribution is 0.102. The Morgan fingerprint density at radius 2 is 2.00 bits per heavy atom. The number of ketones is 1. The first kappa shape index (κ1) is 12.6. The Labute approximate surface area is 110 Å². The van der Waals surface area contributed by atoms with E-state index < -0.39 is 0 Å². The molecule has 0 amide bonds. The number of benzene rings is 1. The van der Waals surface area contributed by atoms with Gasteiger partial charge in [0.1, 0.15) is 5.75 Å². The molecule has 0 spiro atoms. The van der Waals surface area contributed by atoms with Crippen molar-refractivity contribution in [2.24, 2.45) is 0 Å². The summed E-state index contributed by atoms with van der Waals surface area (Å²) in [5.74, 6) is 0.760. The molecule has 0 saturated heterocycles. The van der Waals surface area contributed by atoms with Crippen molar-refractivity contribution in [2.75, 3.05) is 5.33 Å². The van der Waals surface area contributed by atoms with E-state index in [4.69, 9.17) is 0 Å². The Morgan fingerprint density at radius 1 is 1.29 bits per heavy atom. The van der Waals surface area contributed by atoms with Crippen LogP contribution in [0.25, 0.3) is 0 Å². The highest BCUT2D eigenvalue weighted by atomic mass is 79.9. The molecule has 1 aromatic rings. The van der Waals surface area contributed by atoms with E-state index in [1.807, 2.05) is 12.1 Å². The molecule has 1 aromatic carbocycles. The van der Waals surface area contributed by atoms with Crippen molar-refractivity contribution < 1.29 is 9.90 Å². The van der Waals surface area contributed by atoms with Crippen molar-refractivity contribution in [3.05, 3.63) is 29.3 Å². The van der Waals surface area contributed by atoms with E-state index in [2.05, 4.69) is 15.9 Å². The van der Waals surface area contributed by atoms with Crippen molar-refractivity contribution in [3.63, 3.8) is 0 Å². The fraction of sp³-hybridized carbons (Fsp3) is 0.500. The molecule has 0 unspecified atom stereocenters. The topological polar surface area (TPSA) is 37.3 Å². The normalized spacial score (nSPS) is 17.0. The Morgan fingerprint density at radius 3 is 2.59 bits per heavy atom. The van der Waals surface area contributed by atoms with E-state index in [1.54, 1.807) is 6.07 Å². The number of alkyl halides is 1. The Kier molecular flexibility index (Phi) is 4.21. The molecule has 0 bridgehead atoms. The van der Waals surface area contributed by atoms with Crippen molar-refractivity contribution in [1.82, 2.24) is 0 Å². The molecule has 1 aliphatic carbocycles. The molecule has 0 radical (unpaired) electrons. The Hall–Kier alpha value is -0.830. The van der Waals surface area contributed by atoms with Gasteiger partial charge in [-0.1, -0.05) is 47.3 Å². The number of hydrogen-bond donors (Lipinski definition) is 1. The van der Waals surface area contributed by atoms with Crippen LogP contribution in [0, 0.1) is 0 Å². The summed E-state index contributed by atoms with van der Waals surface area (Å²) in [5, 5.41) is 10.3. The van der Waals surface area contributed by atoms with E-state index in [1.165, 1.54) is 19.3 Å². The number of carbonyl (C=O) groups excluding carboxylic acids is 1. The van der Waals surface area contributed by atoms with Gasteiger partial charge in [0.05, 0.1) is 5.33 Å². The van der Waals surface area contributed by atoms with Crippen LogP contribution in [0.4, 0.5) is 0 Å². The van der Waals surface area contributed by atoms with Crippen LogP contribution < -0.4 is 0 Å². The zero-order chi connectivity index (χ0) is 12.3. The summed E-state index contributed by atoms with van der Waals surface area (Å²) < 4.78 is 0. The summed E-state index contributed by atoms with van der Waals surface area (Å²) in [6.07, 6.45) is 6.09. The molecular weight excluding hydrogens is 280 g/mol. The molecule has 2 rings (SSSR count). The van der Waals surface area contributed by atoms with Gasteiger partial charge in [0, 0.05) is 5.56 Å². The third-order valence-electron chi connectivity index (χ3n) is 3.52. The van der Waals surface area contributed by atoms with Gasteiger partial charge in [-0.15, -0.1) is 0 Å². The molecule has 2 nitrogen and oxygen atoms in total. The summed E-state index contributed by atoms with van der Waals surface area (Å²) in [4.78, 5) is 11.5. The Balaban J connectivity index is 2.21. The average Bonchev–Trinajstić information content (AvgIpc) is 2.38. The van der Waals surface area contributed by atoms with Crippen molar-refractivity contribution in [3.8, 4) is 5.75 Å². The molecule has 1 N–H and O–H groups in total. The number of halogens is 1. The van der Waals surface area contributed by atoms with Crippen LogP contribution in [0.1, 0.15) is 53.9 Å². The molecule has 1 fully saturated rings. The fourth-order valence-electron chi connectivity index (χ4n) is 2.55. The lowest BCUT2D eigenvalue weighted by Crippen LogP contribution is -2.06. The molecular formula is C14H17BrO2. The number of rotatable bonds is 3. The molecule has 17 heavy (non-hydrogen) atoms. The van der Waals surface area contributed by atoms with E-state index in [9.17, 15) is 9.90 Å². The highest BCUT2D eigenvalue weighted by molar-refractivity contribution is 9.09. The van der Waals surface area contributed by atoms with Crippen LogP contribution in [-0.4, -0.2) is 16.2 Å². The first-order valence-electron chi connectivity index (χ1n) is 6.14. The fourth-order valence-corrected chi connectivity index (χ4v) is 2.88. The number of carbonyl (C=O) groups is 1. The highest BCUT2D eigenvalue weighted by Crippen LogP contribution is 2.37. The lowest BCUT2D eigenvalue weighted by atomic mass is 9.83. The van der Waals surface area contributed by atoms with Crippen LogP contribution in [-0.2, 0) is 0 Å². The first-order valence-corrected chi connectivity index (χ1v) is 7.26. The summed E-state index contributed by atoms with van der Waals surface area (Å²) in [6.45, 7) is 0. The van der Waals surface area contributed by atoms with Crippen LogP contribution in [0.5, 0.6) is 5.75 Å². The average molecular weight is 297 g/mol. The van der Waals surface area contributed by atoms with Crippen molar-refractivity contribution in [2.45, 2.75) is 38.0 Å². The van der Waals surface area contributed by atoms with Gasteiger partial charge in [0.2, 0.25) is 0 Å². The van der Waals surface area contributed by atoms with Crippen LogP contribution in [0.3, 0.4) is 0 Å². The Bertz CT molecular complexity index is 409. The maximum absolute atomic E-state index is 11.5. The molecule has 0 heterocycles. The summed E-state index contributed by atoms with van der Waals surface area (Å²) in [7, 11) is 0. The summed E-state index contributed by atoms with van der Waals surface area (Å²) in [6, 6.07) is 5.35. The van der Waals surface area contributed by atoms with Gasteiger partial charge in [0.25, 0.3) is 0 Å². The predicted octanol–water partition coefficient (Wildman–Crippen LogP) is 4.02. The monoisotopic (exact) mass is 296 g/mol. The zero-order valence-electron chi connectivity index (χ0n) is 9.79. The SMILES string of the molecule is O=C(CBr)c1ccc(C2CCCCC2)c(O)c1. The molecule has 92 valence electrons. The standard InChI is InChI=1S/C14H17BrO2/c15-9-14(17)11-6-7-12(13(16)8-11)10-4-2-1-3-5-10/h6-8,10,16H,1-5,9H2. The third kappa shape index (κ3) is 2.89. The molecule has 0 atom stereocenters. The molecule has 1 saturated carbocycles. The second kappa shape index (κ2) is 5.67. The number of hydrogen-bond acceptors (Lipinski definition) is 2. The van der Waals surface area contributed by atoms with Gasteiger partial charge >= 0.3 is 0 Å². The van der Waals surface area contributed by atoms with E-state index in [0.717, 1.165) is 18.4 Å². The minimum Gasteiger partial charge on any atom is -0.508 e.